The Morgan fingerprint density at radius 2 is 1.74 bits per heavy atom. The van der Waals surface area contributed by atoms with Gasteiger partial charge in [-0.3, -0.25) is 4.57 Å². The predicted octanol–water partition coefficient (Wildman–Crippen LogP) is 5.23. The van der Waals surface area contributed by atoms with Gasteiger partial charge in [-0.25, -0.2) is 14.4 Å². The molecule has 0 bridgehead atoms. The highest BCUT2D eigenvalue weighted by molar-refractivity contribution is 5.93. The summed E-state index contributed by atoms with van der Waals surface area (Å²) < 4.78 is 23.0. The minimum atomic E-state index is -1.08. The lowest BCUT2D eigenvalue weighted by atomic mass is 10.0. The summed E-state index contributed by atoms with van der Waals surface area (Å²) in [4.78, 5) is 38.2. The SMILES string of the molecule is C#CC(C)(C)Oc1ccc2c(CC(NC(=O)OCc3ccccc3)C(=O)OC)cn(C(=O)OC(C)(C)C)c2c1. The zero-order chi connectivity index (χ0) is 28.8. The van der Waals surface area contributed by atoms with Gasteiger partial charge in [-0.05, 0) is 57.9 Å². The number of benzene rings is 2. The highest BCUT2D eigenvalue weighted by Crippen LogP contribution is 2.29. The van der Waals surface area contributed by atoms with E-state index in [4.69, 9.17) is 25.4 Å². The molecule has 2 aromatic carbocycles. The molecule has 1 heterocycles. The third-order valence-electron chi connectivity index (χ3n) is 5.58. The Labute approximate surface area is 228 Å². The van der Waals surface area contributed by atoms with E-state index in [1.54, 1.807) is 59.0 Å². The molecular formula is C30H34N2O7. The standard InChI is InChI=1S/C30H34N2O7/c1-8-30(5,6)38-22-14-15-23-21(18-32(25(23)17-22)28(35)39-29(2,3)4)16-24(26(33)36-7)31-27(34)37-19-20-12-10-9-11-13-20/h1,9-15,17-18,24H,16,19H2,2-7H3,(H,31,34). The predicted molar refractivity (Wildman–Crippen MR) is 146 cm³/mol. The number of terminal acetylenes is 1. The van der Waals surface area contributed by atoms with Crippen LogP contribution in [0.3, 0.4) is 0 Å². The van der Waals surface area contributed by atoms with Crippen molar-refractivity contribution in [1.29, 1.82) is 0 Å². The number of aromatic nitrogens is 1. The monoisotopic (exact) mass is 534 g/mol. The van der Waals surface area contributed by atoms with Crippen molar-refractivity contribution < 1.29 is 33.3 Å². The van der Waals surface area contributed by atoms with Crippen molar-refractivity contribution in [2.45, 2.75) is 64.9 Å². The van der Waals surface area contributed by atoms with Gasteiger partial charge in [0.25, 0.3) is 0 Å². The normalized spacial score (nSPS) is 12.2. The first kappa shape index (κ1) is 29.1. The van der Waals surface area contributed by atoms with E-state index in [0.29, 0.717) is 22.2 Å². The number of carbonyl (C=O) groups excluding carboxylic acids is 3. The molecular weight excluding hydrogens is 500 g/mol. The van der Waals surface area contributed by atoms with E-state index < -0.39 is 35.4 Å². The number of alkyl carbamates (subject to hydrolysis) is 1. The molecule has 0 spiro atoms. The summed E-state index contributed by atoms with van der Waals surface area (Å²) in [5.41, 5.74) is 0.261. The van der Waals surface area contributed by atoms with Crippen molar-refractivity contribution in [2.75, 3.05) is 7.11 Å². The van der Waals surface area contributed by atoms with E-state index in [9.17, 15) is 14.4 Å². The highest BCUT2D eigenvalue weighted by Gasteiger charge is 2.27. The maximum atomic E-state index is 13.1. The van der Waals surface area contributed by atoms with Gasteiger partial charge in [-0.2, -0.15) is 0 Å². The van der Waals surface area contributed by atoms with Gasteiger partial charge in [0.2, 0.25) is 0 Å². The zero-order valence-electron chi connectivity index (χ0n) is 23.1. The van der Waals surface area contributed by atoms with E-state index in [1.165, 1.54) is 11.7 Å². The van der Waals surface area contributed by atoms with Crippen LogP contribution >= 0.6 is 0 Å². The van der Waals surface area contributed by atoms with Crippen LogP contribution in [-0.2, 0) is 32.0 Å². The molecule has 1 atom stereocenters. The van der Waals surface area contributed by atoms with Crippen LogP contribution in [-0.4, -0.2) is 47.1 Å². The van der Waals surface area contributed by atoms with Gasteiger partial charge in [0, 0.05) is 24.1 Å². The fraction of sp³-hybridized carbons (Fsp3) is 0.367. The average molecular weight is 535 g/mol. The quantitative estimate of drug-likeness (QED) is 0.240. The average Bonchev–Trinajstić information content (AvgIpc) is 3.23. The molecule has 0 aliphatic heterocycles. The summed E-state index contributed by atoms with van der Waals surface area (Å²) in [5.74, 6) is 2.36. The number of carbonyl (C=O) groups is 3. The molecule has 206 valence electrons. The third-order valence-corrected chi connectivity index (χ3v) is 5.58. The Morgan fingerprint density at radius 1 is 1.05 bits per heavy atom. The molecule has 0 saturated carbocycles. The molecule has 9 heteroatoms. The summed E-state index contributed by atoms with van der Waals surface area (Å²) in [6.45, 7) is 8.83. The number of nitrogens with one attached hydrogen (secondary N) is 1. The Morgan fingerprint density at radius 3 is 2.36 bits per heavy atom. The van der Waals surface area contributed by atoms with Crippen LogP contribution in [0.2, 0.25) is 0 Å². The number of amides is 1. The second-order valence-electron chi connectivity index (χ2n) is 10.4. The molecule has 0 radical (unpaired) electrons. The second-order valence-corrected chi connectivity index (χ2v) is 10.4. The summed E-state index contributed by atoms with van der Waals surface area (Å²) in [6.07, 6.45) is 5.77. The topological polar surface area (TPSA) is 105 Å². The molecule has 1 N–H and O–H groups in total. The van der Waals surface area contributed by atoms with Gasteiger partial charge in [-0.15, -0.1) is 6.42 Å². The van der Waals surface area contributed by atoms with E-state index in [1.807, 2.05) is 30.3 Å². The van der Waals surface area contributed by atoms with Crippen molar-refractivity contribution >= 4 is 29.1 Å². The first-order valence-electron chi connectivity index (χ1n) is 12.4. The number of hydrogen-bond acceptors (Lipinski definition) is 7. The Bertz CT molecular complexity index is 1380. The Hall–Kier alpha value is -4.45. The lowest BCUT2D eigenvalue weighted by Crippen LogP contribution is -2.43. The van der Waals surface area contributed by atoms with Crippen LogP contribution in [0.25, 0.3) is 10.9 Å². The fourth-order valence-corrected chi connectivity index (χ4v) is 3.75. The summed E-state index contributed by atoms with van der Waals surface area (Å²) >= 11 is 0. The molecule has 3 rings (SSSR count). The minimum absolute atomic E-state index is 0.0233. The van der Waals surface area contributed by atoms with Gasteiger partial charge in [-0.1, -0.05) is 36.3 Å². The highest BCUT2D eigenvalue weighted by atomic mass is 16.6. The van der Waals surface area contributed by atoms with Crippen LogP contribution in [0.1, 0.15) is 45.7 Å². The van der Waals surface area contributed by atoms with Crippen molar-refractivity contribution in [3.8, 4) is 18.1 Å². The summed E-state index contributed by atoms with van der Waals surface area (Å²) in [6, 6.07) is 13.2. The number of nitrogens with zero attached hydrogens (tertiary/aromatic N) is 1. The van der Waals surface area contributed by atoms with E-state index >= 15 is 0 Å². The maximum Gasteiger partial charge on any atom is 0.419 e. The van der Waals surface area contributed by atoms with Crippen molar-refractivity contribution in [2.24, 2.45) is 0 Å². The number of hydrogen-bond donors (Lipinski definition) is 1. The van der Waals surface area contributed by atoms with Crippen molar-refractivity contribution in [3.63, 3.8) is 0 Å². The van der Waals surface area contributed by atoms with Crippen LogP contribution in [0, 0.1) is 12.3 Å². The van der Waals surface area contributed by atoms with Crippen LogP contribution < -0.4 is 10.1 Å². The molecule has 39 heavy (non-hydrogen) atoms. The number of fused-ring (bicyclic) bond motifs is 1. The summed E-state index contributed by atoms with van der Waals surface area (Å²) in [7, 11) is 1.23. The smallest absolute Gasteiger partial charge is 0.419 e. The van der Waals surface area contributed by atoms with E-state index in [0.717, 1.165) is 5.56 Å². The van der Waals surface area contributed by atoms with Gasteiger partial charge >= 0.3 is 18.2 Å². The van der Waals surface area contributed by atoms with E-state index in [2.05, 4.69) is 11.2 Å². The Kier molecular flexibility index (Phi) is 8.92. The molecule has 9 nitrogen and oxygen atoms in total. The number of esters is 1. The van der Waals surface area contributed by atoms with Crippen molar-refractivity contribution in [1.82, 2.24) is 9.88 Å². The number of methoxy groups -OCH3 is 1. The molecule has 1 amide bonds. The van der Waals surface area contributed by atoms with Gasteiger partial charge in [0.05, 0.1) is 12.6 Å². The zero-order valence-corrected chi connectivity index (χ0v) is 23.1. The van der Waals surface area contributed by atoms with Crippen LogP contribution in [0.4, 0.5) is 9.59 Å². The second kappa shape index (κ2) is 11.9. The van der Waals surface area contributed by atoms with Gasteiger partial charge in [0.1, 0.15) is 24.0 Å². The molecule has 0 saturated heterocycles. The third kappa shape index (κ3) is 8.01. The minimum Gasteiger partial charge on any atom is -0.475 e. The fourth-order valence-electron chi connectivity index (χ4n) is 3.75. The first-order valence-corrected chi connectivity index (χ1v) is 12.4. The molecule has 1 aromatic heterocycles. The molecule has 0 aliphatic carbocycles. The maximum absolute atomic E-state index is 13.1. The van der Waals surface area contributed by atoms with Gasteiger partial charge in [0.15, 0.2) is 5.60 Å². The molecule has 1 unspecified atom stereocenters. The summed E-state index contributed by atoms with van der Waals surface area (Å²) in [5, 5.41) is 3.22. The molecule has 0 fully saturated rings. The largest absolute Gasteiger partial charge is 0.475 e. The van der Waals surface area contributed by atoms with Crippen LogP contribution in [0.15, 0.2) is 54.7 Å². The number of ether oxygens (including phenoxy) is 4. The lowest BCUT2D eigenvalue weighted by Gasteiger charge is -2.21. The first-order chi connectivity index (χ1) is 18.3. The van der Waals surface area contributed by atoms with E-state index in [-0.39, 0.29) is 13.0 Å². The number of rotatable bonds is 8. The molecule has 3 aromatic rings. The lowest BCUT2D eigenvalue weighted by molar-refractivity contribution is -0.143. The molecule has 0 aliphatic rings. The van der Waals surface area contributed by atoms with Gasteiger partial charge < -0.3 is 24.3 Å². The van der Waals surface area contributed by atoms with Crippen LogP contribution in [0.5, 0.6) is 5.75 Å². The van der Waals surface area contributed by atoms with Crippen molar-refractivity contribution in [3.05, 3.63) is 65.9 Å². The Balaban J connectivity index is 1.93.